The minimum atomic E-state index is -1.55. The number of aromatic nitrogens is 1. The van der Waals surface area contributed by atoms with Gasteiger partial charge in [0, 0.05) is 12.7 Å². The molecule has 0 aliphatic heterocycles. The highest BCUT2D eigenvalue weighted by molar-refractivity contribution is 6.40. The fourth-order valence-electron chi connectivity index (χ4n) is 1.90. The summed E-state index contributed by atoms with van der Waals surface area (Å²) in [4.78, 5) is 34.1. The number of ketones is 1. The highest BCUT2D eigenvalue weighted by Crippen LogP contribution is 2.22. The van der Waals surface area contributed by atoms with Gasteiger partial charge >= 0.3 is 11.9 Å². The molecule has 1 heterocycles. The average Bonchev–Trinajstić information content (AvgIpc) is 2.50. The van der Waals surface area contributed by atoms with E-state index in [0.29, 0.717) is 11.3 Å². The number of hydrogen-bond donors (Lipinski definition) is 1. The summed E-state index contributed by atoms with van der Waals surface area (Å²) in [6.07, 6.45) is 0. The number of carboxylic acid groups (broad SMARTS) is 1. The standard InChI is InChI=1S/C12H15NO5/c1-5-18-12(17)8-6(2)9(10(14)11(15)16)13(4)7(8)3/h5H2,1-4H3,(H,15,16). The van der Waals surface area contributed by atoms with Crippen LogP contribution in [0.3, 0.4) is 0 Å². The van der Waals surface area contributed by atoms with Gasteiger partial charge in [-0.05, 0) is 26.3 Å². The molecule has 0 unspecified atom stereocenters. The lowest BCUT2D eigenvalue weighted by Gasteiger charge is -2.02. The van der Waals surface area contributed by atoms with Crippen molar-refractivity contribution in [2.24, 2.45) is 7.05 Å². The van der Waals surface area contributed by atoms with Crippen LogP contribution < -0.4 is 0 Å². The van der Waals surface area contributed by atoms with Crippen LogP contribution in [0.4, 0.5) is 0 Å². The lowest BCUT2D eigenvalue weighted by Crippen LogP contribution is -2.17. The Kier molecular flexibility index (Phi) is 3.90. The zero-order valence-corrected chi connectivity index (χ0v) is 10.7. The normalized spacial score (nSPS) is 10.2. The van der Waals surface area contributed by atoms with Crippen molar-refractivity contribution in [3.8, 4) is 0 Å². The summed E-state index contributed by atoms with van der Waals surface area (Å²) >= 11 is 0. The number of ether oxygens (including phenoxy) is 1. The highest BCUT2D eigenvalue weighted by atomic mass is 16.5. The smallest absolute Gasteiger partial charge is 0.378 e. The van der Waals surface area contributed by atoms with E-state index < -0.39 is 17.7 Å². The maximum atomic E-state index is 11.8. The lowest BCUT2D eigenvalue weighted by atomic mass is 10.1. The summed E-state index contributed by atoms with van der Waals surface area (Å²) in [6, 6.07) is 0. The second-order valence-electron chi connectivity index (χ2n) is 3.85. The molecule has 0 radical (unpaired) electrons. The van der Waals surface area contributed by atoms with Gasteiger partial charge in [0.1, 0.15) is 5.69 Å². The largest absolute Gasteiger partial charge is 0.475 e. The summed E-state index contributed by atoms with van der Waals surface area (Å²) < 4.78 is 6.29. The van der Waals surface area contributed by atoms with Gasteiger partial charge in [-0.3, -0.25) is 4.79 Å². The second-order valence-corrected chi connectivity index (χ2v) is 3.85. The summed E-state index contributed by atoms with van der Waals surface area (Å²) in [6.45, 7) is 5.07. The van der Waals surface area contributed by atoms with E-state index in [2.05, 4.69) is 0 Å². The van der Waals surface area contributed by atoms with E-state index in [9.17, 15) is 14.4 Å². The van der Waals surface area contributed by atoms with Crippen molar-refractivity contribution >= 4 is 17.7 Å². The molecule has 18 heavy (non-hydrogen) atoms. The van der Waals surface area contributed by atoms with Crippen LogP contribution in [-0.2, 0) is 16.6 Å². The molecule has 1 N–H and O–H groups in total. The Labute approximate surface area is 104 Å². The van der Waals surface area contributed by atoms with Gasteiger partial charge in [0.05, 0.1) is 12.2 Å². The molecule has 0 aliphatic carbocycles. The SMILES string of the molecule is CCOC(=O)c1c(C)c(C(=O)C(=O)O)n(C)c1C. The van der Waals surface area contributed by atoms with Crippen molar-refractivity contribution in [2.45, 2.75) is 20.8 Å². The number of aliphatic carboxylic acids is 1. The van der Waals surface area contributed by atoms with E-state index in [-0.39, 0.29) is 17.9 Å². The van der Waals surface area contributed by atoms with Gasteiger partial charge in [-0.25, -0.2) is 9.59 Å². The van der Waals surface area contributed by atoms with Crippen molar-refractivity contribution in [2.75, 3.05) is 6.61 Å². The Balaban J connectivity index is 3.41. The maximum Gasteiger partial charge on any atom is 0.378 e. The fourth-order valence-corrected chi connectivity index (χ4v) is 1.90. The molecule has 0 amide bonds. The number of hydrogen-bond acceptors (Lipinski definition) is 4. The van der Waals surface area contributed by atoms with E-state index in [0.717, 1.165) is 0 Å². The molecule has 0 aromatic carbocycles. The van der Waals surface area contributed by atoms with Crippen LogP contribution in [-0.4, -0.2) is 34.0 Å². The first-order valence-electron chi connectivity index (χ1n) is 5.43. The molecule has 98 valence electrons. The average molecular weight is 253 g/mol. The predicted molar refractivity (Wildman–Crippen MR) is 62.8 cm³/mol. The Morgan fingerprint density at radius 2 is 1.83 bits per heavy atom. The molecule has 0 saturated heterocycles. The van der Waals surface area contributed by atoms with Crippen LogP contribution in [0.2, 0.25) is 0 Å². The third kappa shape index (κ3) is 2.13. The van der Waals surface area contributed by atoms with Crippen molar-refractivity contribution in [1.82, 2.24) is 4.57 Å². The molecule has 0 fully saturated rings. The zero-order chi connectivity index (χ0) is 14.0. The van der Waals surface area contributed by atoms with Crippen molar-refractivity contribution in [3.63, 3.8) is 0 Å². The predicted octanol–water partition coefficient (Wildman–Crippen LogP) is 1.09. The highest BCUT2D eigenvalue weighted by Gasteiger charge is 2.28. The molecule has 6 heteroatoms. The van der Waals surface area contributed by atoms with Gasteiger partial charge < -0.3 is 14.4 Å². The number of carbonyl (C=O) groups excluding carboxylic acids is 2. The van der Waals surface area contributed by atoms with Crippen molar-refractivity contribution in [1.29, 1.82) is 0 Å². The third-order valence-corrected chi connectivity index (χ3v) is 2.82. The molecule has 1 rings (SSSR count). The van der Waals surface area contributed by atoms with Gasteiger partial charge in [-0.2, -0.15) is 0 Å². The molecule has 0 saturated carbocycles. The van der Waals surface area contributed by atoms with Crippen LogP contribution in [0.15, 0.2) is 0 Å². The van der Waals surface area contributed by atoms with E-state index >= 15 is 0 Å². The van der Waals surface area contributed by atoms with Gasteiger partial charge in [0.15, 0.2) is 0 Å². The quantitative estimate of drug-likeness (QED) is 0.493. The van der Waals surface area contributed by atoms with Crippen molar-refractivity contribution < 1.29 is 24.2 Å². The summed E-state index contributed by atoms with van der Waals surface area (Å²) in [7, 11) is 1.54. The third-order valence-electron chi connectivity index (χ3n) is 2.82. The van der Waals surface area contributed by atoms with Gasteiger partial charge in [-0.15, -0.1) is 0 Å². The minimum absolute atomic E-state index is 0.00283. The lowest BCUT2D eigenvalue weighted by molar-refractivity contribution is -0.131. The first-order valence-corrected chi connectivity index (χ1v) is 5.43. The number of rotatable bonds is 4. The topological polar surface area (TPSA) is 85.6 Å². The molecule has 6 nitrogen and oxygen atoms in total. The van der Waals surface area contributed by atoms with E-state index in [1.165, 1.54) is 11.5 Å². The Bertz CT molecular complexity index is 527. The number of carboxylic acids is 1. The first-order chi connectivity index (χ1) is 8.32. The molecule has 0 bridgehead atoms. The van der Waals surface area contributed by atoms with Gasteiger partial charge in [0.25, 0.3) is 5.78 Å². The molecule has 1 aromatic heterocycles. The number of carbonyl (C=O) groups is 3. The zero-order valence-electron chi connectivity index (χ0n) is 10.7. The fraction of sp³-hybridized carbons (Fsp3) is 0.417. The Morgan fingerprint density at radius 3 is 2.28 bits per heavy atom. The van der Waals surface area contributed by atoms with Crippen LogP contribution in [0.25, 0.3) is 0 Å². The monoisotopic (exact) mass is 253 g/mol. The number of Topliss-reactive ketones (excluding diaryl/α,β-unsaturated/α-hetero) is 1. The summed E-state index contributed by atoms with van der Waals surface area (Å²) in [5.74, 6) is -3.13. The Morgan fingerprint density at radius 1 is 1.28 bits per heavy atom. The molecule has 0 aliphatic rings. The van der Waals surface area contributed by atoms with Gasteiger partial charge in [-0.1, -0.05) is 0 Å². The minimum Gasteiger partial charge on any atom is -0.475 e. The van der Waals surface area contributed by atoms with Crippen LogP contribution in [0, 0.1) is 13.8 Å². The molecule has 0 spiro atoms. The molecular weight excluding hydrogens is 238 g/mol. The second kappa shape index (κ2) is 5.03. The van der Waals surface area contributed by atoms with Crippen LogP contribution >= 0.6 is 0 Å². The summed E-state index contributed by atoms with van der Waals surface area (Å²) in [5, 5.41) is 8.75. The first kappa shape index (κ1) is 14.0. The van der Waals surface area contributed by atoms with E-state index in [1.54, 1.807) is 20.9 Å². The van der Waals surface area contributed by atoms with Crippen LogP contribution in [0.5, 0.6) is 0 Å². The van der Waals surface area contributed by atoms with E-state index in [1.807, 2.05) is 0 Å². The molecule has 0 atom stereocenters. The van der Waals surface area contributed by atoms with Crippen LogP contribution in [0.1, 0.15) is 39.0 Å². The number of nitrogens with zero attached hydrogens (tertiary/aromatic N) is 1. The number of esters is 1. The molecular formula is C12H15NO5. The van der Waals surface area contributed by atoms with Gasteiger partial charge in [0.2, 0.25) is 0 Å². The van der Waals surface area contributed by atoms with E-state index in [4.69, 9.17) is 9.84 Å². The maximum absolute atomic E-state index is 11.8. The Hall–Kier alpha value is -2.11. The summed E-state index contributed by atoms with van der Waals surface area (Å²) in [5.41, 5.74) is 1.10. The molecule has 1 aromatic rings. The van der Waals surface area contributed by atoms with Crippen molar-refractivity contribution in [3.05, 3.63) is 22.5 Å².